The predicted molar refractivity (Wildman–Crippen MR) is 70.0 cm³/mol. The van der Waals surface area contributed by atoms with Gasteiger partial charge in [-0.2, -0.15) is 0 Å². The highest BCUT2D eigenvalue weighted by atomic mass is 35.5. The van der Waals surface area contributed by atoms with Gasteiger partial charge in [-0.15, -0.1) is 0 Å². The summed E-state index contributed by atoms with van der Waals surface area (Å²) in [6.07, 6.45) is 7.06. The van der Waals surface area contributed by atoms with E-state index in [9.17, 15) is 5.11 Å². The zero-order valence-corrected chi connectivity index (χ0v) is 10.8. The van der Waals surface area contributed by atoms with E-state index in [1.807, 2.05) is 24.3 Å². The quantitative estimate of drug-likeness (QED) is 0.837. The number of aliphatic hydroxyl groups is 1. The maximum absolute atomic E-state index is 10.8. The van der Waals surface area contributed by atoms with Gasteiger partial charge >= 0.3 is 0 Å². The van der Waals surface area contributed by atoms with Crippen molar-refractivity contribution < 1.29 is 5.11 Å². The van der Waals surface area contributed by atoms with Crippen LogP contribution in [0.5, 0.6) is 0 Å². The van der Waals surface area contributed by atoms with Crippen LogP contribution in [0.15, 0.2) is 24.3 Å². The van der Waals surface area contributed by atoms with Crippen LogP contribution < -0.4 is 0 Å². The van der Waals surface area contributed by atoms with Crippen molar-refractivity contribution in [3.8, 4) is 0 Å². The molecule has 0 radical (unpaired) electrons. The van der Waals surface area contributed by atoms with E-state index in [2.05, 4.69) is 0 Å². The van der Waals surface area contributed by atoms with Gasteiger partial charge in [-0.1, -0.05) is 23.7 Å². The van der Waals surface area contributed by atoms with E-state index in [4.69, 9.17) is 11.6 Å². The van der Waals surface area contributed by atoms with Crippen LogP contribution in [0.2, 0.25) is 5.02 Å². The smallest absolute Gasteiger partial charge is 0.0899 e. The number of halogens is 1. The molecule has 0 spiro atoms. The van der Waals surface area contributed by atoms with E-state index in [0.717, 1.165) is 41.7 Å². The van der Waals surface area contributed by atoms with Gasteiger partial charge in [0.1, 0.15) is 0 Å². The molecule has 17 heavy (non-hydrogen) atoms. The van der Waals surface area contributed by atoms with Crippen molar-refractivity contribution in [1.29, 1.82) is 0 Å². The number of rotatable bonds is 2. The standard InChI is InChI=1S/C15H19ClO/c16-14-7-5-13(6-8-14)15(17)9-1-2-12(10-15)11-3-4-11/h5-8,11-12,17H,1-4,9-10H2. The second-order valence-corrected chi connectivity index (χ2v) is 6.17. The van der Waals surface area contributed by atoms with Gasteiger partial charge in [0.05, 0.1) is 5.60 Å². The fourth-order valence-electron chi connectivity index (χ4n) is 3.29. The van der Waals surface area contributed by atoms with Gasteiger partial charge in [0.2, 0.25) is 0 Å². The fraction of sp³-hybridized carbons (Fsp3) is 0.600. The molecule has 2 saturated carbocycles. The third-order valence-corrected chi connectivity index (χ3v) is 4.69. The van der Waals surface area contributed by atoms with Crippen molar-refractivity contribution >= 4 is 11.6 Å². The van der Waals surface area contributed by atoms with E-state index >= 15 is 0 Å². The van der Waals surface area contributed by atoms with Gasteiger partial charge in [0.25, 0.3) is 0 Å². The molecular weight excluding hydrogens is 232 g/mol. The molecule has 0 bridgehead atoms. The van der Waals surface area contributed by atoms with Crippen LogP contribution in [0.4, 0.5) is 0 Å². The van der Waals surface area contributed by atoms with Gasteiger partial charge < -0.3 is 5.11 Å². The summed E-state index contributed by atoms with van der Waals surface area (Å²) >= 11 is 5.90. The number of hydrogen-bond donors (Lipinski definition) is 1. The highest BCUT2D eigenvalue weighted by Gasteiger charge is 2.41. The molecule has 92 valence electrons. The van der Waals surface area contributed by atoms with E-state index in [0.29, 0.717) is 0 Å². The minimum atomic E-state index is -0.601. The molecule has 1 nitrogen and oxygen atoms in total. The third kappa shape index (κ3) is 2.36. The first kappa shape index (κ1) is 11.6. The Kier molecular flexibility index (Phi) is 2.92. The fourth-order valence-corrected chi connectivity index (χ4v) is 3.41. The Hall–Kier alpha value is -0.530. The van der Waals surface area contributed by atoms with Crippen LogP contribution >= 0.6 is 11.6 Å². The van der Waals surface area contributed by atoms with Crippen molar-refractivity contribution in [3.63, 3.8) is 0 Å². The monoisotopic (exact) mass is 250 g/mol. The molecule has 2 unspecified atom stereocenters. The Labute approximate surface area is 108 Å². The van der Waals surface area contributed by atoms with Crippen LogP contribution in [-0.4, -0.2) is 5.11 Å². The number of benzene rings is 1. The minimum Gasteiger partial charge on any atom is -0.385 e. The molecule has 1 aromatic rings. The summed E-state index contributed by atoms with van der Waals surface area (Å²) in [4.78, 5) is 0. The lowest BCUT2D eigenvalue weighted by Gasteiger charge is -2.37. The van der Waals surface area contributed by atoms with Gasteiger partial charge in [-0.25, -0.2) is 0 Å². The van der Waals surface area contributed by atoms with E-state index in [1.165, 1.54) is 19.3 Å². The predicted octanol–water partition coefficient (Wildman–Crippen LogP) is 4.13. The molecule has 0 saturated heterocycles. The van der Waals surface area contributed by atoms with E-state index in [1.54, 1.807) is 0 Å². The topological polar surface area (TPSA) is 20.2 Å². The Bertz CT molecular complexity index is 396. The molecule has 0 amide bonds. The average molecular weight is 251 g/mol. The van der Waals surface area contributed by atoms with E-state index in [-0.39, 0.29) is 0 Å². The zero-order valence-electron chi connectivity index (χ0n) is 10.0. The molecule has 0 heterocycles. The molecule has 1 aromatic carbocycles. The summed E-state index contributed by atoms with van der Waals surface area (Å²) in [5.41, 5.74) is 0.447. The summed E-state index contributed by atoms with van der Waals surface area (Å²) < 4.78 is 0. The lowest BCUT2D eigenvalue weighted by molar-refractivity contribution is -0.0251. The first-order valence-corrected chi connectivity index (χ1v) is 7.04. The Morgan fingerprint density at radius 1 is 1.06 bits per heavy atom. The highest BCUT2D eigenvalue weighted by molar-refractivity contribution is 6.30. The van der Waals surface area contributed by atoms with Gasteiger partial charge in [0.15, 0.2) is 0 Å². The molecule has 2 aliphatic carbocycles. The zero-order chi connectivity index (χ0) is 11.9. The second kappa shape index (κ2) is 4.29. The van der Waals surface area contributed by atoms with Crippen LogP contribution in [-0.2, 0) is 5.60 Å². The molecular formula is C15H19ClO. The van der Waals surface area contributed by atoms with E-state index < -0.39 is 5.60 Å². The molecule has 2 heteroatoms. The first-order chi connectivity index (χ1) is 8.17. The molecule has 3 rings (SSSR count). The first-order valence-electron chi connectivity index (χ1n) is 6.66. The Morgan fingerprint density at radius 2 is 1.76 bits per heavy atom. The SMILES string of the molecule is OC1(c2ccc(Cl)cc2)CCCC(C2CC2)C1. The summed E-state index contributed by atoms with van der Waals surface area (Å²) in [7, 11) is 0. The Balaban J connectivity index is 1.81. The maximum atomic E-state index is 10.8. The van der Waals surface area contributed by atoms with Crippen molar-refractivity contribution in [2.24, 2.45) is 11.8 Å². The summed E-state index contributed by atoms with van der Waals surface area (Å²) in [6, 6.07) is 7.74. The maximum Gasteiger partial charge on any atom is 0.0899 e. The van der Waals surface area contributed by atoms with Crippen molar-refractivity contribution in [3.05, 3.63) is 34.9 Å². The van der Waals surface area contributed by atoms with Crippen LogP contribution in [0.25, 0.3) is 0 Å². The summed E-state index contributed by atoms with van der Waals surface area (Å²) in [6.45, 7) is 0. The summed E-state index contributed by atoms with van der Waals surface area (Å²) in [5.74, 6) is 1.64. The average Bonchev–Trinajstić information content (AvgIpc) is 3.13. The third-order valence-electron chi connectivity index (χ3n) is 4.44. The number of hydrogen-bond acceptors (Lipinski definition) is 1. The van der Waals surface area contributed by atoms with Crippen molar-refractivity contribution in [1.82, 2.24) is 0 Å². The second-order valence-electron chi connectivity index (χ2n) is 5.73. The highest BCUT2D eigenvalue weighted by Crippen LogP contribution is 2.49. The van der Waals surface area contributed by atoms with Crippen molar-refractivity contribution in [2.45, 2.75) is 44.1 Å². The van der Waals surface area contributed by atoms with Crippen LogP contribution in [0.1, 0.15) is 44.1 Å². The van der Waals surface area contributed by atoms with Crippen LogP contribution in [0, 0.1) is 11.8 Å². The Morgan fingerprint density at radius 3 is 2.41 bits per heavy atom. The van der Waals surface area contributed by atoms with Gasteiger partial charge in [-0.05, 0) is 68.1 Å². The molecule has 0 aliphatic heterocycles. The normalized spacial score (nSPS) is 33.6. The molecule has 1 N–H and O–H groups in total. The summed E-state index contributed by atoms with van der Waals surface area (Å²) in [5, 5.41) is 11.6. The molecule has 2 aliphatic rings. The van der Waals surface area contributed by atoms with Crippen LogP contribution in [0.3, 0.4) is 0 Å². The lowest BCUT2D eigenvalue weighted by atomic mass is 9.73. The molecule has 2 fully saturated rings. The van der Waals surface area contributed by atoms with Gasteiger partial charge in [-0.3, -0.25) is 0 Å². The lowest BCUT2D eigenvalue weighted by Crippen LogP contribution is -2.33. The van der Waals surface area contributed by atoms with Gasteiger partial charge in [0, 0.05) is 5.02 Å². The largest absolute Gasteiger partial charge is 0.385 e. The molecule has 2 atom stereocenters. The molecule has 0 aromatic heterocycles. The minimum absolute atomic E-state index is 0.601. The van der Waals surface area contributed by atoms with Crippen molar-refractivity contribution in [2.75, 3.05) is 0 Å².